The molecule has 4 aromatic carbocycles. The molecule has 140 valence electrons. The first-order chi connectivity index (χ1) is 14.1. The van der Waals surface area contributed by atoms with Crippen molar-refractivity contribution in [2.45, 2.75) is 19.3 Å². The van der Waals surface area contributed by atoms with Crippen LogP contribution in [0.25, 0.3) is 33.0 Å². The Morgan fingerprint density at radius 2 is 1.48 bits per heavy atom. The molecule has 0 aliphatic heterocycles. The smallest absolute Gasteiger partial charge is 0.300 e. The van der Waals surface area contributed by atoms with Crippen LogP contribution in [-0.2, 0) is 5.41 Å². The van der Waals surface area contributed by atoms with E-state index in [1.54, 1.807) is 0 Å². The fourth-order valence-corrected chi connectivity index (χ4v) is 4.55. The van der Waals surface area contributed by atoms with Gasteiger partial charge in [-0.25, -0.2) is 0 Å². The lowest BCUT2D eigenvalue weighted by molar-refractivity contribution is 0.622. The standard InChI is InChI=1S/C26H20N2O/c1-26(2)21-14-17-8-4-3-7-16(17)13-20(21)19-12-11-18(15-22(19)26)27-25-28-23-9-5-6-10-24(23)29-25/h3-15H,1-2H3,(H,27,28). The molecule has 0 bridgehead atoms. The molecule has 1 heterocycles. The number of nitrogens with zero attached hydrogens (tertiary/aromatic N) is 1. The molecule has 0 atom stereocenters. The van der Waals surface area contributed by atoms with E-state index in [9.17, 15) is 0 Å². The second-order valence-electron chi connectivity index (χ2n) is 8.24. The average molecular weight is 376 g/mol. The Labute approximate surface area is 169 Å². The summed E-state index contributed by atoms with van der Waals surface area (Å²) in [5.41, 5.74) is 7.91. The zero-order chi connectivity index (χ0) is 19.6. The monoisotopic (exact) mass is 376 g/mol. The number of nitrogens with one attached hydrogen (secondary N) is 1. The highest BCUT2D eigenvalue weighted by molar-refractivity contribution is 5.94. The Kier molecular flexibility index (Phi) is 3.22. The van der Waals surface area contributed by atoms with E-state index < -0.39 is 0 Å². The van der Waals surface area contributed by atoms with Crippen molar-refractivity contribution in [3.05, 3.63) is 90.0 Å². The van der Waals surface area contributed by atoms with Gasteiger partial charge in [0.2, 0.25) is 0 Å². The fraction of sp³-hybridized carbons (Fsp3) is 0.115. The van der Waals surface area contributed by atoms with Gasteiger partial charge in [-0.15, -0.1) is 0 Å². The molecule has 0 saturated carbocycles. The predicted molar refractivity (Wildman–Crippen MR) is 119 cm³/mol. The Morgan fingerprint density at radius 3 is 2.31 bits per heavy atom. The fourth-order valence-electron chi connectivity index (χ4n) is 4.55. The van der Waals surface area contributed by atoms with Gasteiger partial charge in [-0.2, -0.15) is 4.98 Å². The molecular weight excluding hydrogens is 356 g/mol. The van der Waals surface area contributed by atoms with E-state index in [0.29, 0.717) is 6.01 Å². The van der Waals surface area contributed by atoms with Crippen LogP contribution in [0.5, 0.6) is 0 Å². The van der Waals surface area contributed by atoms with E-state index in [2.05, 4.69) is 78.7 Å². The Balaban J connectivity index is 1.45. The number of oxazole rings is 1. The maximum absolute atomic E-state index is 5.84. The van der Waals surface area contributed by atoms with Gasteiger partial charge in [-0.1, -0.05) is 56.3 Å². The summed E-state index contributed by atoms with van der Waals surface area (Å²) >= 11 is 0. The van der Waals surface area contributed by atoms with Crippen molar-refractivity contribution in [2.75, 3.05) is 5.32 Å². The van der Waals surface area contributed by atoms with Crippen molar-refractivity contribution in [1.82, 2.24) is 4.98 Å². The summed E-state index contributed by atoms with van der Waals surface area (Å²) in [7, 11) is 0. The van der Waals surface area contributed by atoms with E-state index in [-0.39, 0.29) is 5.41 Å². The molecule has 0 fully saturated rings. The number of para-hydroxylation sites is 2. The van der Waals surface area contributed by atoms with E-state index in [4.69, 9.17) is 4.42 Å². The zero-order valence-corrected chi connectivity index (χ0v) is 16.4. The van der Waals surface area contributed by atoms with Gasteiger partial charge in [0, 0.05) is 11.1 Å². The van der Waals surface area contributed by atoms with Crippen molar-refractivity contribution in [1.29, 1.82) is 0 Å². The minimum Gasteiger partial charge on any atom is -0.423 e. The molecule has 0 spiro atoms. The normalized spacial score (nSPS) is 14.1. The second kappa shape index (κ2) is 5.71. The third kappa shape index (κ3) is 2.40. The molecule has 3 nitrogen and oxygen atoms in total. The van der Waals surface area contributed by atoms with Crippen molar-refractivity contribution in [2.24, 2.45) is 0 Å². The van der Waals surface area contributed by atoms with Crippen LogP contribution in [-0.4, -0.2) is 4.98 Å². The van der Waals surface area contributed by atoms with Crippen molar-refractivity contribution < 1.29 is 4.42 Å². The number of benzene rings is 4. The van der Waals surface area contributed by atoms with Gasteiger partial charge in [-0.05, 0) is 69.4 Å². The van der Waals surface area contributed by atoms with Crippen LogP contribution in [0.3, 0.4) is 0 Å². The molecular formula is C26H20N2O. The Bertz CT molecular complexity index is 1380. The molecule has 1 aliphatic rings. The van der Waals surface area contributed by atoms with Crippen molar-refractivity contribution in [3.63, 3.8) is 0 Å². The number of hydrogen-bond acceptors (Lipinski definition) is 3. The highest BCUT2D eigenvalue weighted by Crippen LogP contribution is 2.50. The minimum absolute atomic E-state index is 0.0618. The van der Waals surface area contributed by atoms with Gasteiger partial charge in [0.15, 0.2) is 5.58 Å². The van der Waals surface area contributed by atoms with E-state index in [1.807, 2.05) is 24.3 Å². The summed E-state index contributed by atoms with van der Waals surface area (Å²) in [4.78, 5) is 4.54. The first-order valence-electron chi connectivity index (χ1n) is 9.90. The lowest BCUT2D eigenvalue weighted by atomic mass is 9.82. The summed E-state index contributed by atoms with van der Waals surface area (Å²) in [6.45, 7) is 4.60. The summed E-state index contributed by atoms with van der Waals surface area (Å²) in [5, 5.41) is 5.91. The molecule has 1 aromatic heterocycles. The Hall–Kier alpha value is -3.59. The third-order valence-electron chi connectivity index (χ3n) is 6.09. The molecule has 29 heavy (non-hydrogen) atoms. The van der Waals surface area contributed by atoms with Crippen LogP contribution < -0.4 is 5.32 Å². The first-order valence-corrected chi connectivity index (χ1v) is 9.90. The zero-order valence-electron chi connectivity index (χ0n) is 16.4. The van der Waals surface area contributed by atoms with Crippen LogP contribution in [0.1, 0.15) is 25.0 Å². The van der Waals surface area contributed by atoms with Gasteiger partial charge >= 0.3 is 0 Å². The van der Waals surface area contributed by atoms with Gasteiger partial charge in [0.05, 0.1) is 0 Å². The topological polar surface area (TPSA) is 38.1 Å². The van der Waals surface area contributed by atoms with Crippen LogP contribution in [0.4, 0.5) is 11.7 Å². The molecule has 5 aromatic rings. The number of anilines is 2. The number of fused-ring (bicyclic) bond motifs is 5. The molecule has 0 amide bonds. The minimum atomic E-state index is -0.0618. The van der Waals surface area contributed by atoms with Crippen molar-refractivity contribution >= 4 is 33.6 Å². The third-order valence-corrected chi connectivity index (χ3v) is 6.09. The van der Waals surface area contributed by atoms with E-state index in [0.717, 1.165) is 16.8 Å². The van der Waals surface area contributed by atoms with Crippen molar-refractivity contribution in [3.8, 4) is 11.1 Å². The highest BCUT2D eigenvalue weighted by atomic mass is 16.4. The highest BCUT2D eigenvalue weighted by Gasteiger charge is 2.35. The maximum Gasteiger partial charge on any atom is 0.300 e. The van der Waals surface area contributed by atoms with Crippen LogP contribution in [0.2, 0.25) is 0 Å². The van der Waals surface area contributed by atoms with E-state index in [1.165, 1.54) is 33.0 Å². The lowest BCUT2D eigenvalue weighted by Gasteiger charge is -2.22. The quantitative estimate of drug-likeness (QED) is 0.359. The second-order valence-corrected chi connectivity index (χ2v) is 8.24. The molecule has 3 heteroatoms. The molecule has 0 unspecified atom stereocenters. The maximum atomic E-state index is 5.84. The number of aromatic nitrogens is 1. The van der Waals surface area contributed by atoms with Crippen LogP contribution in [0, 0.1) is 0 Å². The summed E-state index contributed by atoms with van der Waals surface area (Å²) in [6, 6.07) is 28.1. The van der Waals surface area contributed by atoms with Gasteiger partial charge in [0.1, 0.15) is 5.52 Å². The predicted octanol–water partition coefficient (Wildman–Crippen LogP) is 7.03. The summed E-state index contributed by atoms with van der Waals surface area (Å²) in [6.07, 6.45) is 0. The van der Waals surface area contributed by atoms with Crippen LogP contribution in [0.15, 0.2) is 83.3 Å². The van der Waals surface area contributed by atoms with Gasteiger partial charge in [0.25, 0.3) is 6.01 Å². The molecule has 0 radical (unpaired) electrons. The SMILES string of the molecule is CC1(C)c2cc(Nc3nc4ccccc4o3)ccc2-c2cc3ccccc3cc21. The first kappa shape index (κ1) is 16.4. The van der Waals surface area contributed by atoms with Gasteiger partial charge in [-0.3, -0.25) is 0 Å². The largest absolute Gasteiger partial charge is 0.423 e. The lowest BCUT2D eigenvalue weighted by Crippen LogP contribution is -2.15. The summed E-state index contributed by atoms with van der Waals surface area (Å²) < 4.78 is 5.84. The van der Waals surface area contributed by atoms with Crippen LogP contribution >= 0.6 is 0 Å². The van der Waals surface area contributed by atoms with Gasteiger partial charge < -0.3 is 9.73 Å². The number of rotatable bonds is 2. The molecule has 0 saturated heterocycles. The average Bonchev–Trinajstić information content (AvgIpc) is 3.23. The van der Waals surface area contributed by atoms with E-state index >= 15 is 0 Å². The molecule has 1 N–H and O–H groups in total. The molecule has 6 rings (SSSR count). The summed E-state index contributed by atoms with van der Waals surface area (Å²) in [5.74, 6) is 0. The molecule has 1 aliphatic carbocycles. The Morgan fingerprint density at radius 1 is 0.759 bits per heavy atom. The number of hydrogen-bond donors (Lipinski definition) is 1.